The standard InChI is InChI=1S/C9H8ClF3OS/c1-15(2,14)8-4-3-6(5-7(8)10)9(11,12)13/h3-5H,1H2,2H3. The van der Waals surface area contributed by atoms with Crippen molar-refractivity contribution < 1.29 is 17.4 Å². The van der Waals surface area contributed by atoms with Crippen molar-refractivity contribution in [2.24, 2.45) is 0 Å². The fraction of sp³-hybridized carbons (Fsp3) is 0.222. The molecule has 0 amide bonds. The van der Waals surface area contributed by atoms with Crippen molar-refractivity contribution in [1.29, 1.82) is 0 Å². The van der Waals surface area contributed by atoms with Gasteiger partial charge in [0.2, 0.25) is 0 Å². The lowest BCUT2D eigenvalue weighted by molar-refractivity contribution is -0.137. The SMILES string of the molecule is C=S(C)(=O)c1ccc(C(F)(F)F)cc1Cl. The van der Waals surface area contributed by atoms with Crippen molar-refractivity contribution in [2.75, 3.05) is 6.26 Å². The quantitative estimate of drug-likeness (QED) is 0.706. The summed E-state index contributed by atoms with van der Waals surface area (Å²) >= 11 is 5.60. The Labute approximate surface area is 90.9 Å². The number of benzene rings is 1. The van der Waals surface area contributed by atoms with Crippen LogP contribution in [0, 0.1) is 0 Å². The Balaban J connectivity index is 3.34. The minimum Gasteiger partial charge on any atom is -0.263 e. The van der Waals surface area contributed by atoms with Gasteiger partial charge in [0.05, 0.1) is 10.6 Å². The molecule has 0 aliphatic carbocycles. The van der Waals surface area contributed by atoms with Gasteiger partial charge in [0.25, 0.3) is 0 Å². The van der Waals surface area contributed by atoms with Crippen LogP contribution in [0.25, 0.3) is 0 Å². The Kier molecular flexibility index (Phi) is 3.07. The first kappa shape index (κ1) is 12.4. The van der Waals surface area contributed by atoms with Crippen LogP contribution < -0.4 is 0 Å². The van der Waals surface area contributed by atoms with Crippen LogP contribution in [0.15, 0.2) is 23.1 Å². The molecule has 0 aliphatic heterocycles. The first-order chi connectivity index (χ1) is 6.62. The Hall–Kier alpha value is -0.680. The predicted molar refractivity (Wildman–Crippen MR) is 55.9 cm³/mol. The van der Waals surface area contributed by atoms with E-state index in [9.17, 15) is 17.4 Å². The molecule has 0 aliphatic rings. The van der Waals surface area contributed by atoms with E-state index in [2.05, 4.69) is 5.87 Å². The van der Waals surface area contributed by atoms with Crippen LogP contribution in [0.4, 0.5) is 13.2 Å². The van der Waals surface area contributed by atoms with E-state index in [1.165, 1.54) is 6.26 Å². The highest BCUT2D eigenvalue weighted by atomic mass is 35.5. The molecule has 0 spiro atoms. The zero-order valence-electron chi connectivity index (χ0n) is 7.77. The number of halogens is 4. The first-order valence-corrected chi connectivity index (χ1v) is 6.33. The Bertz CT molecular complexity index is 477. The molecule has 0 saturated heterocycles. The first-order valence-electron chi connectivity index (χ1n) is 3.81. The summed E-state index contributed by atoms with van der Waals surface area (Å²) in [6, 6.07) is 2.70. The van der Waals surface area contributed by atoms with Crippen LogP contribution >= 0.6 is 11.6 Å². The molecule has 15 heavy (non-hydrogen) atoms. The zero-order chi connectivity index (χ0) is 11.9. The average molecular weight is 257 g/mol. The van der Waals surface area contributed by atoms with Gasteiger partial charge in [-0.1, -0.05) is 11.6 Å². The number of hydrogen-bond acceptors (Lipinski definition) is 1. The second kappa shape index (κ2) is 3.72. The summed E-state index contributed by atoms with van der Waals surface area (Å²) in [4.78, 5) is 0.136. The molecular formula is C9H8ClF3OS. The van der Waals surface area contributed by atoms with Crippen LogP contribution in [0.1, 0.15) is 5.56 Å². The van der Waals surface area contributed by atoms with Gasteiger partial charge >= 0.3 is 6.18 Å². The molecule has 1 aromatic rings. The summed E-state index contributed by atoms with van der Waals surface area (Å²) in [5.41, 5.74) is -0.861. The van der Waals surface area contributed by atoms with Crippen molar-refractivity contribution in [3.8, 4) is 0 Å². The normalized spacial score (nSPS) is 16.1. The molecule has 0 fully saturated rings. The summed E-state index contributed by atoms with van der Waals surface area (Å²) in [6.07, 6.45) is -3.13. The largest absolute Gasteiger partial charge is 0.416 e. The highest BCUT2D eigenvalue weighted by Crippen LogP contribution is 2.33. The molecule has 0 bridgehead atoms. The zero-order valence-corrected chi connectivity index (χ0v) is 9.34. The molecule has 1 unspecified atom stereocenters. The monoisotopic (exact) mass is 256 g/mol. The van der Waals surface area contributed by atoms with Gasteiger partial charge in [-0.3, -0.25) is 4.21 Å². The van der Waals surface area contributed by atoms with Crippen molar-refractivity contribution in [1.82, 2.24) is 0 Å². The van der Waals surface area contributed by atoms with E-state index in [1.807, 2.05) is 0 Å². The molecule has 0 saturated carbocycles. The molecule has 84 valence electrons. The predicted octanol–water partition coefficient (Wildman–Crippen LogP) is 3.06. The van der Waals surface area contributed by atoms with Crippen LogP contribution in [-0.2, 0) is 15.7 Å². The second-order valence-corrected chi connectivity index (χ2v) is 6.00. The molecule has 1 atom stereocenters. The molecular weight excluding hydrogens is 249 g/mol. The molecule has 0 radical (unpaired) electrons. The topological polar surface area (TPSA) is 17.1 Å². The van der Waals surface area contributed by atoms with Gasteiger partial charge in [0, 0.05) is 11.2 Å². The van der Waals surface area contributed by atoms with Gasteiger partial charge in [-0.25, -0.2) is 0 Å². The van der Waals surface area contributed by atoms with E-state index in [0.29, 0.717) is 0 Å². The lowest BCUT2D eigenvalue weighted by atomic mass is 10.2. The average Bonchev–Trinajstić information content (AvgIpc) is 1.99. The summed E-state index contributed by atoms with van der Waals surface area (Å²) in [5.74, 6) is 3.36. The van der Waals surface area contributed by atoms with Crippen molar-refractivity contribution in [3.05, 3.63) is 28.8 Å². The number of hydrogen-bond donors (Lipinski definition) is 0. The second-order valence-electron chi connectivity index (χ2n) is 3.15. The van der Waals surface area contributed by atoms with Gasteiger partial charge in [-0.15, -0.1) is 0 Å². The lowest BCUT2D eigenvalue weighted by Crippen LogP contribution is -2.06. The maximum atomic E-state index is 12.3. The van der Waals surface area contributed by atoms with E-state index in [-0.39, 0.29) is 9.92 Å². The van der Waals surface area contributed by atoms with Crippen LogP contribution in [0.3, 0.4) is 0 Å². The highest BCUT2D eigenvalue weighted by molar-refractivity contribution is 7.99. The fourth-order valence-corrected chi connectivity index (χ4v) is 2.52. The molecule has 1 rings (SSSR count). The van der Waals surface area contributed by atoms with Crippen molar-refractivity contribution in [3.63, 3.8) is 0 Å². The van der Waals surface area contributed by atoms with Crippen LogP contribution in [-0.4, -0.2) is 16.3 Å². The third-order valence-electron chi connectivity index (χ3n) is 1.72. The molecule has 1 aromatic carbocycles. The maximum Gasteiger partial charge on any atom is 0.416 e. The van der Waals surface area contributed by atoms with E-state index in [1.54, 1.807) is 0 Å². The Morgan fingerprint density at radius 3 is 2.27 bits per heavy atom. The minimum absolute atomic E-state index is 0.136. The third kappa shape index (κ3) is 2.89. The van der Waals surface area contributed by atoms with Crippen LogP contribution in [0.5, 0.6) is 0 Å². The van der Waals surface area contributed by atoms with Gasteiger partial charge in [-0.05, 0) is 33.6 Å². The lowest BCUT2D eigenvalue weighted by Gasteiger charge is -2.10. The summed E-state index contributed by atoms with van der Waals surface area (Å²) in [7, 11) is -2.60. The van der Waals surface area contributed by atoms with Crippen molar-refractivity contribution >= 4 is 27.0 Å². The Morgan fingerprint density at radius 1 is 1.40 bits per heavy atom. The van der Waals surface area contributed by atoms with Gasteiger partial charge in [0.15, 0.2) is 0 Å². The van der Waals surface area contributed by atoms with E-state index < -0.39 is 21.3 Å². The molecule has 0 aromatic heterocycles. The fourth-order valence-electron chi connectivity index (χ4n) is 1.03. The van der Waals surface area contributed by atoms with Gasteiger partial charge in [0.1, 0.15) is 0 Å². The maximum absolute atomic E-state index is 12.3. The van der Waals surface area contributed by atoms with E-state index in [4.69, 9.17) is 11.6 Å². The van der Waals surface area contributed by atoms with E-state index >= 15 is 0 Å². The summed E-state index contributed by atoms with van der Waals surface area (Å²) in [6.45, 7) is 0. The van der Waals surface area contributed by atoms with Crippen LogP contribution in [0.2, 0.25) is 5.02 Å². The number of rotatable bonds is 1. The Morgan fingerprint density at radius 2 is 1.93 bits per heavy atom. The third-order valence-corrected chi connectivity index (χ3v) is 3.44. The van der Waals surface area contributed by atoms with Gasteiger partial charge < -0.3 is 0 Å². The molecule has 6 heteroatoms. The van der Waals surface area contributed by atoms with E-state index in [0.717, 1.165) is 18.2 Å². The molecule has 0 heterocycles. The summed E-state index contributed by atoms with van der Waals surface area (Å²) in [5, 5.41) is -0.174. The minimum atomic E-state index is -4.45. The summed E-state index contributed by atoms with van der Waals surface area (Å²) < 4.78 is 48.2. The molecule has 0 N–H and O–H groups in total. The number of alkyl halides is 3. The van der Waals surface area contributed by atoms with Crippen molar-refractivity contribution in [2.45, 2.75) is 11.1 Å². The van der Waals surface area contributed by atoms with Gasteiger partial charge in [-0.2, -0.15) is 13.2 Å². The molecule has 1 nitrogen and oxygen atoms in total. The smallest absolute Gasteiger partial charge is 0.263 e. The highest BCUT2D eigenvalue weighted by Gasteiger charge is 2.31.